The van der Waals surface area contributed by atoms with E-state index in [4.69, 9.17) is 0 Å². The summed E-state index contributed by atoms with van der Waals surface area (Å²) in [5.41, 5.74) is 5.20. The fourth-order valence-electron chi connectivity index (χ4n) is 2.90. The van der Waals surface area contributed by atoms with Gasteiger partial charge in [0.2, 0.25) is 5.91 Å². The second kappa shape index (κ2) is 6.20. The summed E-state index contributed by atoms with van der Waals surface area (Å²) in [5.74, 6) is -0.242. The summed E-state index contributed by atoms with van der Waals surface area (Å²) in [5, 5.41) is 3.78. The summed E-state index contributed by atoms with van der Waals surface area (Å²) in [6.07, 6.45) is 4.99. The number of fused-ring (bicyclic) bond motifs is 1. The van der Waals surface area contributed by atoms with E-state index in [1.54, 1.807) is 6.20 Å². The highest BCUT2D eigenvalue weighted by Gasteiger charge is 2.15. The van der Waals surface area contributed by atoms with Gasteiger partial charge in [-0.05, 0) is 28.7 Å². The first-order chi connectivity index (χ1) is 11.8. The third-order valence-corrected chi connectivity index (χ3v) is 4.33. The molecule has 0 aliphatic rings. The number of hydrogen-bond donors (Lipinski definition) is 1. The van der Waals surface area contributed by atoms with Crippen molar-refractivity contribution in [2.24, 2.45) is 7.05 Å². The van der Waals surface area contributed by atoms with E-state index in [0.717, 1.165) is 22.2 Å². The molecule has 25 heavy (non-hydrogen) atoms. The molecule has 0 aliphatic carbocycles. The van der Waals surface area contributed by atoms with Crippen LogP contribution < -0.4 is 5.32 Å². The van der Waals surface area contributed by atoms with Gasteiger partial charge in [0.15, 0.2) is 0 Å². The van der Waals surface area contributed by atoms with Crippen LogP contribution in [0.3, 0.4) is 0 Å². The Bertz CT molecular complexity index is 944. The molecular weight excluding hydrogens is 310 g/mol. The summed E-state index contributed by atoms with van der Waals surface area (Å²) in [6, 6.07) is 10.6. The second-order valence-electron chi connectivity index (χ2n) is 7.27. The lowest BCUT2D eigenvalue weighted by molar-refractivity contribution is -0.111. The predicted molar refractivity (Wildman–Crippen MR) is 104 cm³/mol. The topological polar surface area (TPSA) is 46.9 Å². The van der Waals surface area contributed by atoms with Crippen molar-refractivity contribution in [3.05, 3.63) is 60.9 Å². The molecule has 0 atom stereocenters. The zero-order valence-corrected chi connectivity index (χ0v) is 15.1. The maximum Gasteiger partial charge on any atom is 0.247 e. The van der Waals surface area contributed by atoms with Crippen LogP contribution in [-0.4, -0.2) is 15.5 Å². The minimum Gasteiger partial charge on any atom is -0.335 e. The van der Waals surface area contributed by atoms with Gasteiger partial charge in [0, 0.05) is 24.2 Å². The van der Waals surface area contributed by atoms with Gasteiger partial charge in [-0.3, -0.25) is 4.79 Å². The molecule has 2 heterocycles. The summed E-state index contributed by atoms with van der Waals surface area (Å²) >= 11 is 0. The normalized spacial score (nSPS) is 11.5. The van der Waals surface area contributed by atoms with Crippen LogP contribution in [0.25, 0.3) is 22.2 Å². The van der Waals surface area contributed by atoms with Crippen molar-refractivity contribution in [3.63, 3.8) is 0 Å². The Morgan fingerprint density at radius 2 is 1.92 bits per heavy atom. The number of aromatic nitrogens is 2. The van der Waals surface area contributed by atoms with Gasteiger partial charge in [0.1, 0.15) is 5.65 Å². The van der Waals surface area contributed by atoms with Crippen molar-refractivity contribution in [1.29, 1.82) is 0 Å². The van der Waals surface area contributed by atoms with Crippen LogP contribution in [0.15, 0.2) is 55.4 Å². The van der Waals surface area contributed by atoms with E-state index in [0.29, 0.717) is 5.69 Å². The smallest absolute Gasteiger partial charge is 0.247 e. The van der Waals surface area contributed by atoms with E-state index in [2.05, 4.69) is 68.1 Å². The first-order valence-corrected chi connectivity index (χ1v) is 8.29. The first-order valence-electron chi connectivity index (χ1n) is 8.29. The second-order valence-corrected chi connectivity index (χ2v) is 7.27. The van der Waals surface area contributed by atoms with Gasteiger partial charge < -0.3 is 9.88 Å². The van der Waals surface area contributed by atoms with E-state index in [1.807, 2.05) is 17.7 Å². The summed E-state index contributed by atoms with van der Waals surface area (Å²) in [6.45, 7) is 10.1. The van der Waals surface area contributed by atoms with E-state index < -0.39 is 0 Å². The zero-order valence-electron chi connectivity index (χ0n) is 15.1. The summed E-state index contributed by atoms with van der Waals surface area (Å²) in [4.78, 5) is 16.0. The molecule has 4 nitrogen and oxygen atoms in total. The number of rotatable bonds is 3. The van der Waals surface area contributed by atoms with Crippen molar-refractivity contribution >= 4 is 22.6 Å². The Labute approximate surface area is 148 Å². The summed E-state index contributed by atoms with van der Waals surface area (Å²) < 4.78 is 2.00. The van der Waals surface area contributed by atoms with Crippen molar-refractivity contribution in [2.75, 3.05) is 5.32 Å². The number of amides is 1. The molecule has 1 N–H and O–H groups in total. The molecule has 128 valence electrons. The van der Waals surface area contributed by atoms with E-state index in [-0.39, 0.29) is 11.3 Å². The van der Waals surface area contributed by atoms with Gasteiger partial charge in [-0.2, -0.15) is 0 Å². The van der Waals surface area contributed by atoms with Gasteiger partial charge in [0.05, 0.1) is 11.9 Å². The predicted octanol–water partition coefficient (Wildman–Crippen LogP) is 4.66. The molecule has 0 saturated heterocycles. The minimum atomic E-state index is -0.242. The quantitative estimate of drug-likeness (QED) is 0.709. The van der Waals surface area contributed by atoms with Gasteiger partial charge in [-0.15, -0.1) is 0 Å². The highest BCUT2D eigenvalue weighted by atomic mass is 16.1. The molecule has 0 saturated carbocycles. The third kappa shape index (κ3) is 3.33. The van der Waals surface area contributed by atoms with Crippen molar-refractivity contribution < 1.29 is 4.79 Å². The lowest BCUT2D eigenvalue weighted by atomic mass is 9.86. The maximum atomic E-state index is 11.5. The lowest BCUT2D eigenvalue weighted by Gasteiger charge is -2.19. The van der Waals surface area contributed by atoms with Crippen LogP contribution in [0.5, 0.6) is 0 Å². The van der Waals surface area contributed by atoms with Gasteiger partial charge in [-0.25, -0.2) is 4.98 Å². The van der Waals surface area contributed by atoms with Gasteiger partial charge in [0.25, 0.3) is 0 Å². The van der Waals surface area contributed by atoms with Gasteiger partial charge >= 0.3 is 0 Å². The Balaban J connectivity index is 2.07. The first kappa shape index (κ1) is 17.0. The van der Waals surface area contributed by atoms with E-state index in [9.17, 15) is 4.79 Å². The molecule has 0 unspecified atom stereocenters. The summed E-state index contributed by atoms with van der Waals surface area (Å²) in [7, 11) is 1.98. The number of carbonyl (C=O) groups excluding carboxylic acids is 1. The van der Waals surface area contributed by atoms with E-state index in [1.165, 1.54) is 11.6 Å². The standard InChI is InChI=1S/C21H23N3O/c1-6-19(25)23-16-11-17-18(13-24(5)20(17)22-12-16)14-7-9-15(10-8-14)21(2,3)4/h6-13H,1H2,2-5H3,(H,23,25). The van der Waals surface area contributed by atoms with Crippen LogP contribution in [0.1, 0.15) is 26.3 Å². The van der Waals surface area contributed by atoms with Crippen LogP contribution >= 0.6 is 0 Å². The number of carbonyl (C=O) groups is 1. The Morgan fingerprint density at radius 1 is 1.24 bits per heavy atom. The SMILES string of the molecule is C=CC(=O)Nc1cnc2c(c1)c(-c1ccc(C(C)(C)C)cc1)cn2C. The van der Waals surface area contributed by atoms with E-state index >= 15 is 0 Å². The van der Waals surface area contributed by atoms with Crippen LogP contribution in [0, 0.1) is 0 Å². The maximum absolute atomic E-state index is 11.5. The molecule has 1 aromatic carbocycles. The van der Waals surface area contributed by atoms with Crippen molar-refractivity contribution in [3.8, 4) is 11.1 Å². The number of aryl methyl sites for hydroxylation is 1. The number of pyridine rings is 1. The Morgan fingerprint density at radius 3 is 2.52 bits per heavy atom. The fourth-order valence-corrected chi connectivity index (χ4v) is 2.90. The number of anilines is 1. The molecule has 0 radical (unpaired) electrons. The van der Waals surface area contributed by atoms with Crippen molar-refractivity contribution in [2.45, 2.75) is 26.2 Å². The molecule has 2 aromatic heterocycles. The Hall–Kier alpha value is -2.88. The lowest BCUT2D eigenvalue weighted by Crippen LogP contribution is -2.10. The molecule has 3 aromatic rings. The molecule has 4 heteroatoms. The molecular formula is C21H23N3O. The van der Waals surface area contributed by atoms with Crippen LogP contribution in [0.4, 0.5) is 5.69 Å². The third-order valence-electron chi connectivity index (χ3n) is 4.33. The Kier molecular flexibility index (Phi) is 4.21. The average molecular weight is 333 g/mol. The minimum absolute atomic E-state index is 0.126. The molecule has 0 bridgehead atoms. The highest BCUT2D eigenvalue weighted by Crippen LogP contribution is 2.32. The number of hydrogen-bond acceptors (Lipinski definition) is 2. The largest absolute Gasteiger partial charge is 0.335 e. The average Bonchev–Trinajstić information content (AvgIpc) is 2.90. The van der Waals surface area contributed by atoms with Crippen LogP contribution in [-0.2, 0) is 17.3 Å². The van der Waals surface area contributed by atoms with Gasteiger partial charge in [-0.1, -0.05) is 51.6 Å². The monoisotopic (exact) mass is 333 g/mol. The molecule has 3 rings (SSSR count). The molecule has 0 spiro atoms. The van der Waals surface area contributed by atoms with Crippen LogP contribution in [0.2, 0.25) is 0 Å². The highest BCUT2D eigenvalue weighted by molar-refractivity contribution is 6.01. The fraction of sp³-hybridized carbons (Fsp3) is 0.238. The molecule has 0 fully saturated rings. The molecule has 1 amide bonds. The number of benzene rings is 1. The number of nitrogens with one attached hydrogen (secondary N) is 1. The zero-order chi connectivity index (χ0) is 18.2. The number of nitrogens with zero attached hydrogens (tertiary/aromatic N) is 2. The van der Waals surface area contributed by atoms with Crippen molar-refractivity contribution in [1.82, 2.24) is 9.55 Å². The molecule has 0 aliphatic heterocycles.